The molecule has 1 atom stereocenters. The third-order valence-electron chi connectivity index (χ3n) is 3.51. The first-order chi connectivity index (χ1) is 10.3. The maximum atomic E-state index is 11.0. The lowest BCUT2D eigenvalue weighted by Crippen LogP contribution is -2.42. The van der Waals surface area contributed by atoms with Gasteiger partial charge < -0.3 is 15.4 Å². The first-order valence-corrected chi connectivity index (χ1v) is 8.32. The van der Waals surface area contributed by atoms with E-state index in [0.29, 0.717) is 17.9 Å². The zero-order valence-corrected chi connectivity index (χ0v) is 15.3. The molecule has 0 aromatic carbocycles. The number of carbonyl (C=O) groups excluding carboxylic acids is 1. The second kappa shape index (κ2) is 11.3. The first kappa shape index (κ1) is 20.7. The average molecular weight is 313 g/mol. The van der Waals surface area contributed by atoms with Crippen LogP contribution in [0.3, 0.4) is 0 Å². The fourth-order valence-corrected chi connectivity index (χ4v) is 2.03. The first-order valence-electron chi connectivity index (χ1n) is 8.32. The van der Waals surface area contributed by atoms with Crippen molar-refractivity contribution >= 4 is 11.9 Å². The van der Waals surface area contributed by atoms with Crippen LogP contribution in [0, 0.1) is 5.41 Å². The van der Waals surface area contributed by atoms with Gasteiger partial charge in [0.15, 0.2) is 5.96 Å². The average Bonchev–Trinajstić information content (AvgIpc) is 2.46. The number of ether oxygens (including phenoxy) is 1. The minimum atomic E-state index is -0.127. The Bertz CT molecular complexity index is 335. The number of esters is 1. The van der Waals surface area contributed by atoms with Gasteiger partial charge in [-0.05, 0) is 38.0 Å². The van der Waals surface area contributed by atoms with Crippen LogP contribution in [0.15, 0.2) is 4.99 Å². The van der Waals surface area contributed by atoms with E-state index < -0.39 is 0 Å². The van der Waals surface area contributed by atoms with Gasteiger partial charge in [0.1, 0.15) is 0 Å². The fourth-order valence-electron chi connectivity index (χ4n) is 2.03. The molecule has 2 N–H and O–H groups in total. The molecule has 0 saturated carbocycles. The van der Waals surface area contributed by atoms with Gasteiger partial charge in [-0.2, -0.15) is 0 Å². The van der Waals surface area contributed by atoms with Crippen LogP contribution >= 0.6 is 0 Å². The van der Waals surface area contributed by atoms with Gasteiger partial charge in [-0.25, -0.2) is 0 Å². The fraction of sp³-hybridized carbons (Fsp3) is 0.882. The Morgan fingerprint density at radius 3 is 2.45 bits per heavy atom. The highest BCUT2D eigenvalue weighted by molar-refractivity contribution is 5.79. The summed E-state index contributed by atoms with van der Waals surface area (Å²) in [6, 6.07) is 0.407. The molecular formula is C17H35N3O2. The normalized spacial score (nSPS) is 13.6. The summed E-state index contributed by atoms with van der Waals surface area (Å²) >= 11 is 0. The van der Waals surface area contributed by atoms with Gasteiger partial charge in [0, 0.05) is 26.1 Å². The van der Waals surface area contributed by atoms with E-state index >= 15 is 0 Å². The molecule has 0 heterocycles. The van der Waals surface area contributed by atoms with E-state index in [2.05, 4.69) is 48.1 Å². The molecule has 0 aromatic heterocycles. The molecule has 0 fully saturated rings. The number of guanidine groups is 1. The quantitative estimate of drug-likeness (QED) is 0.297. The summed E-state index contributed by atoms with van der Waals surface area (Å²) in [6.07, 6.45) is 5.73. The molecule has 0 aliphatic carbocycles. The number of nitrogens with one attached hydrogen (secondary N) is 2. The van der Waals surface area contributed by atoms with Crippen LogP contribution in [-0.2, 0) is 9.53 Å². The van der Waals surface area contributed by atoms with Crippen LogP contribution in [0.1, 0.15) is 66.2 Å². The standard InChI is InChI=1S/C17H35N3O2/c1-14(11-12-17(2,3)4)20-16(18-5)19-13-9-7-8-10-15(21)22-6/h14H,7-13H2,1-6H3,(H2,18,19,20). The molecule has 0 aliphatic heterocycles. The van der Waals surface area contributed by atoms with Crippen LogP contribution in [0.25, 0.3) is 0 Å². The van der Waals surface area contributed by atoms with Crippen molar-refractivity contribution in [1.82, 2.24) is 10.6 Å². The number of methoxy groups -OCH3 is 1. The predicted molar refractivity (Wildman–Crippen MR) is 93.1 cm³/mol. The van der Waals surface area contributed by atoms with Crippen molar-refractivity contribution in [2.24, 2.45) is 10.4 Å². The van der Waals surface area contributed by atoms with E-state index in [1.807, 2.05) is 0 Å². The lowest BCUT2D eigenvalue weighted by Gasteiger charge is -2.23. The van der Waals surface area contributed by atoms with E-state index in [4.69, 9.17) is 0 Å². The monoisotopic (exact) mass is 313 g/mol. The van der Waals surface area contributed by atoms with E-state index in [-0.39, 0.29) is 5.97 Å². The number of hydrogen-bond donors (Lipinski definition) is 2. The van der Waals surface area contributed by atoms with Gasteiger partial charge in [0.25, 0.3) is 0 Å². The number of aliphatic imine (C=N–C) groups is 1. The van der Waals surface area contributed by atoms with Crippen LogP contribution in [0.5, 0.6) is 0 Å². The summed E-state index contributed by atoms with van der Waals surface area (Å²) in [5.41, 5.74) is 0.368. The molecule has 0 saturated heterocycles. The van der Waals surface area contributed by atoms with E-state index in [1.165, 1.54) is 13.5 Å². The molecule has 0 spiro atoms. The Labute approximate surface area is 136 Å². The highest BCUT2D eigenvalue weighted by atomic mass is 16.5. The molecule has 0 bridgehead atoms. The molecule has 0 radical (unpaired) electrons. The van der Waals surface area contributed by atoms with E-state index in [1.54, 1.807) is 7.05 Å². The minimum absolute atomic E-state index is 0.127. The maximum absolute atomic E-state index is 11.0. The molecule has 0 aromatic rings. The summed E-state index contributed by atoms with van der Waals surface area (Å²) in [5.74, 6) is 0.729. The molecule has 5 heteroatoms. The van der Waals surface area contributed by atoms with Gasteiger partial charge in [-0.1, -0.05) is 27.2 Å². The van der Waals surface area contributed by atoms with E-state index in [9.17, 15) is 4.79 Å². The van der Waals surface area contributed by atoms with Crippen LogP contribution in [0.4, 0.5) is 0 Å². The lowest BCUT2D eigenvalue weighted by molar-refractivity contribution is -0.140. The Kier molecular flexibility index (Phi) is 10.7. The van der Waals surface area contributed by atoms with Crippen molar-refractivity contribution in [3.05, 3.63) is 0 Å². The second-order valence-electron chi connectivity index (χ2n) is 7.03. The lowest BCUT2D eigenvalue weighted by atomic mass is 9.89. The Morgan fingerprint density at radius 1 is 1.23 bits per heavy atom. The molecule has 0 rings (SSSR count). The molecule has 130 valence electrons. The highest BCUT2D eigenvalue weighted by Crippen LogP contribution is 2.21. The topological polar surface area (TPSA) is 62.7 Å². The number of carbonyl (C=O) groups is 1. The van der Waals surface area contributed by atoms with Crippen LogP contribution in [0.2, 0.25) is 0 Å². The van der Waals surface area contributed by atoms with Gasteiger partial charge in [0.05, 0.1) is 7.11 Å². The van der Waals surface area contributed by atoms with Gasteiger partial charge in [-0.3, -0.25) is 9.79 Å². The molecule has 0 amide bonds. The summed E-state index contributed by atoms with van der Waals surface area (Å²) in [4.78, 5) is 15.2. The van der Waals surface area contributed by atoms with Crippen molar-refractivity contribution in [2.45, 2.75) is 72.3 Å². The zero-order valence-electron chi connectivity index (χ0n) is 15.3. The Hall–Kier alpha value is -1.26. The van der Waals surface area contributed by atoms with Gasteiger partial charge >= 0.3 is 5.97 Å². The Morgan fingerprint density at radius 2 is 1.91 bits per heavy atom. The van der Waals surface area contributed by atoms with Crippen molar-refractivity contribution in [2.75, 3.05) is 20.7 Å². The number of rotatable bonds is 9. The van der Waals surface area contributed by atoms with Crippen molar-refractivity contribution < 1.29 is 9.53 Å². The molecule has 0 aliphatic rings. The SMILES string of the molecule is CN=C(NCCCCCC(=O)OC)NC(C)CCC(C)(C)C. The molecule has 5 nitrogen and oxygen atoms in total. The van der Waals surface area contributed by atoms with Crippen LogP contribution < -0.4 is 10.6 Å². The molecular weight excluding hydrogens is 278 g/mol. The van der Waals surface area contributed by atoms with Crippen LogP contribution in [-0.4, -0.2) is 38.7 Å². The maximum Gasteiger partial charge on any atom is 0.305 e. The number of unbranched alkanes of at least 4 members (excludes halogenated alkanes) is 2. The number of hydrogen-bond acceptors (Lipinski definition) is 3. The van der Waals surface area contributed by atoms with Gasteiger partial charge in [0.2, 0.25) is 0 Å². The summed E-state index contributed by atoms with van der Waals surface area (Å²) in [7, 11) is 3.23. The third-order valence-corrected chi connectivity index (χ3v) is 3.51. The van der Waals surface area contributed by atoms with Crippen molar-refractivity contribution in [1.29, 1.82) is 0 Å². The van der Waals surface area contributed by atoms with Crippen molar-refractivity contribution in [3.8, 4) is 0 Å². The van der Waals surface area contributed by atoms with E-state index in [0.717, 1.165) is 38.2 Å². The largest absolute Gasteiger partial charge is 0.469 e. The predicted octanol–water partition coefficient (Wildman–Crippen LogP) is 3.10. The summed E-state index contributed by atoms with van der Waals surface area (Å²) < 4.78 is 4.62. The molecule has 22 heavy (non-hydrogen) atoms. The smallest absolute Gasteiger partial charge is 0.305 e. The molecule has 1 unspecified atom stereocenters. The Balaban J connectivity index is 3.77. The minimum Gasteiger partial charge on any atom is -0.469 e. The summed E-state index contributed by atoms with van der Waals surface area (Å²) in [5, 5.41) is 6.74. The van der Waals surface area contributed by atoms with Crippen molar-refractivity contribution in [3.63, 3.8) is 0 Å². The second-order valence-corrected chi connectivity index (χ2v) is 7.03. The van der Waals surface area contributed by atoms with Gasteiger partial charge in [-0.15, -0.1) is 0 Å². The zero-order chi connectivity index (χ0) is 17.0. The summed E-state index contributed by atoms with van der Waals surface area (Å²) in [6.45, 7) is 9.85. The third kappa shape index (κ3) is 12.5. The number of nitrogens with zero attached hydrogens (tertiary/aromatic N) is 1. The highest BCUT2D eigenvalue weighted by Gasteiger charge is 2.13.